The molecule has 1 aliphatic carbocycles. The monoisotopic (exact) mass is 312 g/mol. The average Bonchev–Trinajstić information content (AvgIpc) is 2.71. The Morgan fingerprint density at radius 1 is 1.22 bits per heavy atom. The molecule has 1 saturated carbocycles. The van der Waals surface area contributed by atoms with E-state index in [-0.39, 0.29) is 0 Å². The Balaban J connectivity index is 2.12. The van der Waals surface area contributed by atoms with E-state index in [2.05, 4.69) is 41.1 Å². The van der Waals surface area contributed by atoms with Gasteiger partial charge in [0.2, 0.25) is 0 Å². The lowest BCUT2D eigenvalue weighted by molar-refractivity contribution is 0.145. The fourth-order valence-electron chi connectivity index (χ4n) is 2.71. The van der Waals surface area contributed by atoms with Crippen LogP contribution in [-0.4, -0.2) is 25.2 Å². The Kier molecular flexibility index (Phi) is 5.07. The molecular weight excluding hydrogens is 292 g/mol. The Morgan fingerprint density at radius 3 is 2.67 bits per heavy atom. The summed E-state index contributed by atoms with van der Waals surface area (Å²) >= 11 is 3.77. The van der Waals surface area contributed by atoms with E-state index in [1.54, 1.807) is 7.11 Å². The minimum absolute atomic E-state index is 0.605. The van der Waals surface area contributed by atoms with Crippen LogP contribution in [0.15, 0.2) is 24.3 Å². The Bertz CT molecular complexity index is 381. The molecule has 1 aromatic carbocycles. The maximum atomic E-state index is 5.83. The van der Waals surface area contributed by atoms with Gasteiger partial charge in [0.15, 0.2) is 0 Å². The standard InChI is InChI=1S/C15H21BrO2/c1-11-12(7-8-14(11)16)13-5-3-4-6-15(13)18-10-9-17-2/h3-6,11-12,14H,7-10H2,1-2H3. The quantitative estimate of drug-likeness (QED) is 0.604. The van der Waals surface area contributed by atoms with Crippen LogP contribution in [0.25, 0.3) is 0 Å². The summed E-state index contributed by atoms with van der Waals surface area (Å²) in [7, 11) is 1.70. The van der Waals surface area contributed by atoms with Gasteiger partial charge in [-0.3, -0.25) is 0 Å². The second kappa shape index (κ2) is 6.58. The SMILES string of the molecule is COCCOc1ccccc1C1CCC(Br)C1C. The van der Waals surface area contributed by atoms with Gasteiger partial charge in [-0.05, 0) is 36.3 Å². The molecule has 0 radical (unpaired) electrons. The molecule has 2 nitrogen and oxygen atoms in total. The summed E-state index contributed by atoms with van der Waals surface area (Å²) in [6.07, 6.45) is 2.49. The Morgan fingerprint density at radius 2 is 2.00 bits per heavy atom. The first-order chi connectivity index (χ1) is 8.74. The molecule has 3 heteroatoms. The fourth-order valence-corrected chi connectivity index (χ4v) is 3.34. The zero-order valence-corrected chi connectivity index (χ0v) is 12.7. The number of benzene rings is 1. The highest BCUT2D eigenvalue weighted by atomic mass is 79.9. The number of rotatable bonds is 5. The zero-order valence-electron chi connectivity index (χ0n) is 11.1. The molecule has 3 unspecified atom stereocenters. The van der Waals surface area contributed by atoms with Gasteiger partial charge in [0.05, 0.1) is 6.61 Å². The highest BCUT2D eigenvalue weighted by molar-refractivity contribution is 9.09. The molecule has 18 heavy (non-hydrogen) atoms. The van der Waals surface area contributed by atoms with Crippen LogP contribution in [0.2, 0.25) is 0 Å². The number of methoxy groups -OCH3 is 1. The van der Waals surface area contributed by atoms with Gasteiger partial charge in [0, 0.05) is 11.9 Å². The molecule has 0 aromatic heterocycles. The zero-order chi connectivity index (χ0) is 13.0. The molecule has 0 N–H and O–H groups in total. The van der Waals surface area contributed by atoms with E-state index in [1.165, 1.54) is 18.4 Å². The fraction of sp³-hybridized carbons (Fsp3) is 0.600. The van der Waals surface area contributed by atoms with E-state index in [4.69, 9.17) is 9.47 Å². The first-order valence-corrected chi connectivity index (χ1v) is 7.50. The van der Waals surface area contributed by atoms with Gasteiger partial charge in [-0.1, -0.05) is 41.1 Å². The lowest BCUT2D eigenvalue weighted by atomic mass is 9.89. The predicted octanol–water partition coefficient (Wildman–Crippen LogP) is 3.99. The summed E-state index contributed by atoms with van der Waals surface area (Å²) in [5.74, 6) is 2.29. The van der Waals surface area contributed by atoms with Crippen LogP contribution >= 0.6 is 15.9 Å². The van der Waals surface area contributed by atoms with Crippen molar-refractivity contribution in [1.82, 2.24) is 0 Å². The van der Waals surface area contributed by atoms with Gasteiger partial charge in [0.25, 0.3) is 0 Å². The number of para-hydroxylation sites is 1. The summed E-state index contributed by atoms with van der Waals surface area (Å²) < 4.78 is 10.9. The second-order valence-electron chi connectivity index (χ2n) is 4.94. The molecule has 2 rings (SSSR count). The molecule has 1 aliphatic rings. The molecule has 0 heterocycles. The summed E-state index contributed by atoms with van der Waals surface area (Å²) in [5, 5.41) is 0. The number of hydrogen-bond donors (Lipinski definition) is 0. The van der Waals surface area contributed by atoms with Crippen LogP contribution in [0.5, 0.6) is 5.75 Å². The van der Waals surface area contributed by atoms with Crippen molar-refractivity contribution in [2.75, 3.05) is 20.3 Å². The van der Waals surface area contributed by atoms with Gasteiger partial charge >= 0.3 is 0 Å². The first kappa shape index (κ1) is 13.9. The number of alkyl halides is 1. The minimum Gasteiger partial charge on any atom is -0.491 e. The van der Waals surface area contributed by atoms with E-state index in [0.29, 0.717) is 29.9 Å². The van der Waals surface area contributed by atoms with E-state index in [0.717, 1.165) is 5.75 Å². The third-order valence-corrected chi connectivity index (χ3v) is 5.11. The van der Waals surface area contributed by atoms with E-state index >= 15 is 0 Å². The van der Waals surface area contributed by atoms with Crippen molar-refractivity contribution >= 4 is 15.9 Å². The van der Waals surface area contributed by atoms with Crippen LogP contribution in [0, 0.1) is 5.92 Å². The van der Waals surface area contributed by atoms with Crippen molar-refractivity contribution < 1.29 is 9.47 Å². The minimum atomic E-state index is 0.605. The van der Waals surface area contributed by atoms with Crippen LogP contribution in [0.1, 0.15) is 31.2 Å². The van der Waals surface area contributed by atoms with Gasteiger partial charge in [0.1, 0.15) is 12.4 Å². The van der Waals surface area contributed by atoms with Gasteiger partial charge in [-0.15, -0.1) is 0 Å². The molecule has 0 spiro atoms. The average molecular weight is 313 g/mol. The Labute approximate surface area is 118 Å². The van der Waals surface area contributed by atoms with Crippen molar-refractivity contribution in [3.05, 3.63) is 29.8 Å². The number of ether oxygens (including phenoxy) is 2. The first-order valence-electron chi connectivity index (χ1n) is 6.58. The smallest absolute Gasteiger partial charge is 0.122 e. The van der Waals surface area contributed by atoms with E-state index in [9.17, 15) is 0 Å². The summed E-state index contributed by atoms with van der Waals surface area (Å²) in [4.78, 5) is 0.634. The van der Waals surface area contributed by atoms with Crippen LogP contribution in [-0.2, 0) is 4.74 Å². The molecule has 100 valence electrons. The molecule has 3 atom stereocenters. The summed E-state index contributed by atoms with van der Waals surface area (Å²) in [6.45, 7) is 3.57. The Hall–Kier alpha value is -0.540. The van der Waals surface area contributed by atoms with Gasteiger partial charge in [-0.25, -0.2) is 0 Å². The largest absolute Gasteiger partial charge is 0.491 e. The van der Waals surface area contributed by atoms with Crippen molar-refractivity contribution in [1.29, 1.82) is 0 Å². The van der Waals surface area contributed by atoms with Crippen molar-refractivity contribution in [2.45, 2.75) is 30.5 Å². The third kappa shape index (κ3) is 3.07. The van der Waals surface area contributed by atoms with Crippen LogP contribution in [0.4, 0.5) is 0 Å². The van der Waals surface area contributed by atoms with Gasteiger partial charge in [-0.2, -0.15) is 0 Å². The third-order valence-electron chi connectivity index (χ3n) is 3.82. The molecule has 0 saturated heterocycles. The molecular formula is C15H21BrO2. The number of halogens is 1. The van der Waals surface area contributed by atoms with Crippen molar-refractivity contribution in [3.63, 3.8) is 0 Å². The molecule has 0 bridgehead atoms. The number of hydrogen-bond acceptors (Lipinski definition) is 2. The summed E-state index contributed by atoms with van der Waals surface area (Å²) in [5.41, 5.74) is 1.35. The molecule has 1 fully saturated rings. The molecule has 0 aliphatic heterocycles. The van der Waals surface area contributed by atoms with E-state index in [1.807, 2.05) is 6.07 Å². The normalized spacial score (nSPS) is 27.4. The highest BCUT2D eigenvalue weighted by Crippen LogP contribution is 2.45. The van der Waals surface area contributed by atoms with Gasteiger partial charge < -0.3 is 9.47 Å². The van der Waals surface area contributed by atoms with Crippen LogP contribution in [0.3, 0.4) is 0 Å². The second-order valence-corrected chi connectivity index (χ2v) is 6.11. The topological polar surface area (TPSA) is 18.5 Å². The van der Waals surface area contributed by atoms with Crippen molar-refractivity contribution in [2.24, 2.45) is 5.92 Å². The molecule has 1 aromatic rings. The predicted molar refractivity (Wildman–Crippen MR) is 77.7 cm³/mol. The maximum absolute atomic E-state index is 5.83. The lowest BCUT2D eigenvalue weighted by Crippen LogP contribution is -2.12. The van der Waals surface area contributed by atoms with Crippen LogP contribution < -0.4 is 4.74 Å². The maximum Gasteiger partial charge on any atom is 0.122 e. The van der Waals surface area contributed by atoms with E-state index < -0.39 is 0 Å². The van der Waals surface area contributed by atoms with Crippen molar-refractivity contribution in [3.8, 4) is 5.75 Å². The molecule has 0 amide bonds. The summed E-state index contributed by atoms with van der Waals surface area (Å²) in [6, 6.07) is 8.41. The highest BCUT2D eigenvalue weighted by Gasteiger charge is 2.33. The lowest BCUT2D eigenvalue weighted by Gasteiger charge is -2.21.